The smallest absolute Gasteiger partial charge is 0.292 e. The summed E-state index contributed by atoms with van der Waals surface area (Å²) in [7, 11) is 0. The fraction of sp³-hybridized carbons (Fsp3) is 1.00. The highest BCUT2D eigenvalue weighted by Crippen LogP contribution is 2.33. The van der Waals surface area contributed by atoms with E-state index in [-0.39, 0.29) is 6.61 Å². The molecule has 12 heavy (non-hydrogen) atoms. The molecule has 1 saturated carbocycles. The number of alkyl halides is 3. The van der Waals surface area contributed by atoms with Gasteiger partial charge in [-0.3, -0.25) is 4.74 Å². The summed E-state index contributed by atoms with van der Waals surface area (Å²) in [5, 5.41) is 0. The van der Waals surface area contributed by atoms with Crippen molar-refractivity contribution in [3.8, 4) is 0 Å². The van der Waals surface area contributed by atoms with E-state index < -0.39 is 6.36 Å². The van der Waals surface area contributed by atoms with Crippen LogP contribution in [-0.2, 0) is 4.74 Å². The lowest BCUT2D eigenvalue weighted by Crippen LogP contribution is -2.13. The third-order valence-corrected chi connectivity index (χ3v) is 1.97. The van der Waals surface area contributed by atoms with E-state index in [2.05, 4.69) is 4.74 Å². The lowest BCUT2D eigenvalue weighted by Gasteiger charge is -2.06. The first-order valence-electron chi connectivity index (χ1n) is 4.28. The van der Waals surface area contributed by atoms with Gasteiger partial charge in [0.05, 0.1) is 6.61 Å². The van der Waals surface area contributed by atoms with Gasteiger partial charge in [0.1, 0.15) is 0 Å². The molecule has 0 saturated heterocycles. The molecule has 0 radical (unpaired) electrons. The molecule has 0 atom stereocenters. The summed E-state index contributed by atoms with van der Waals surface area (Å²) >= 11 is 0. The van der Waals surface area contributed by atoms with Gasteiger partial charge in [0.25, 0.3) is 0 Å². The fourth-order valence-electron chi connectivity index (χ4n) is 1.13. The summed E-state index contributed by atoms with van der Waals surface area (Å²) in [5.74, 6) is 0.802. The minimum absolute atomic E-state index is 0.184. The molecule has 0 unspecified atom stereocenters. The van der Waals surface area contributed by atoms with Gasteiger partial charge in [0.2, 0.25) is 0 Å². The van der Waals surface area contributed by atoms with Crippen LogP contribution in [0.25, 0.3) is 0 Å². The zero-order chi connectivity index (χ0) is 9.03. The van der Waals surface area contributed by atoms with E-state index in [4.69, 9.17) is 0 Å². The monoisotopic (exact) mass is 182 g/mol. The number of unbranched alkanes of at least 4 members (excludes halogenated alkanes) is 1. The number of halogens is 3. The Bertz CT molecular complexity index is 129. The molecule has 1 rings (SSSR count). The van der Waals surface area contributed by atoms with Crippen molar-refractivity contribution in [2.24, 2.45) is 5.92 Å². The van der Waals surface area contributed by atoms with Crippen LogP contribution in [0.4, 0.5) is 13.2 Å². The van der Waals surface area contributed by atoms with Crippen LogP contribution in [0.3, 0.4) is 0 Å². The molecule has 72 valence electrons. The zero-order valence-electron chi connectivity index (χ0n) is 6.86. The SMILES string of the molecule is FC(F)(F)OCCCCC1CC1. The maximum absolute atomic E-state index is 11.4. The third kappa shape index (κ3) is 5.41. The normalized spacial score (nSPS) is 18.2. The molecule has 0 spiro atoms. The van der Waals surface area contributed by atoms with Crippen molar-refractivity contribution in [2.75, 3.05) is 6.61 Å². The van der Waals surface area contributed by atoms with Crippen molar-refractivity contribution in [1.29, 1.82) is 0 Å². The van der Waals surface area contributed by atoms with E-state index in [1.165, 1.54) is 12.8 Å². The van der Waals surface area contributed by atoms with Gasteiger partial charge in [-0.15, -0.1) is 13.2 Å². The first-order valence-corrected chi connectivity index (χ1v) is 4.28. The van der Waals surface area contributed by atoms with Crippen LogP contribution >= 0.6 is 0 Å². The quantitative estimate of drug-likeness (QED) is 0.593. The van der Waals surface area contributed by atoms with Crippen LogP contribution in [0, 0.1) is 5.92 Å². The van der Waals surface area contributed by atoms with Gasteiger partial charge in [0, 0.05) is 0 Å². The minimum atomic E-state index is -4.44. The van der Waals surface area contributed by atoms with Crippen molar-refractivity contribution in [3.63, 3.8) is 0 Å². The molecule has 1 fully saturated rings. The van der Waals surface area contributed by atoms with E-state index in [0.717, 1.165) is 18.8 Å². The number of hydrogen-bond acceptors (Lipinski definition) is 1. The van der Waals surface area contributed by atoms with E-state index in [9.17, 15) is 13.2 Å². The molecule has 0 bridgehead atoms. The number of rotatable bonds is 5. The summed E-state index contributed by atoms with van der Waals surface area (Å²) in [4.78, 5) is 0. The summed E-state index contributed by atoms with van der Waals surface area (Å²) < 4.78 is 37.9. The third-order valence-electron chi connectivity index (χ3n) is 1.97. The second-order valence-corrected chi connectivity index (χ2v) is 3.23. The molecule has 0 N–H and O–H groups in total. The number of hydrogen-bond donors (Lipinski definition) is 0. The second kappa shape index (κ2) is 4.12. The molecule has 0 aromatic carbocycles. The summed E-state index contributed by atoms with van der Waals surface area (Å²) in [6.07, 6.45) is 0.539. The Kier molecular flexibility index (Phi) is 3.38. The van der Waals surface area contributed by atoms with Gasteiger partial charge < -0.3 is 0 Å². The molecule has 4 heteroatoms. The molecular weight excluding hydrogens is 169 g/mol. The predicted octanol–water partition coefficient (Wildman–Crippen LogP) is 3.10. The molecule has 1 aliphatic carbocycles. The predicted molar refractivity (Wildman–Crippen MR) is 38.6 cm³/mol. The van der Waals surface area contributed by atoms with Gasteiger partial charge in [-0.25, -0.2) is 0 Å². The van der Waals surface area contributed by atoms with Crippen LogP contribution < -0.4 is 0 Å². The molecule has 1 nitrogen and oxygen atoms in total. The van der Waals surface area contributed by atoms with Gasteiger partial charge >= 0.3 is 6.36 Å². The van der Waals surface area contributed by atoms with Crippen LogP contribution in [0.15, 0.2) is 0 Å². The molecule has 1 aliphatic rings. The van der Waals surface area contributed by atoms with E-state index in [1.54, 1.807) is 0 Å². The highest BCUT2D eigenvalue weighted by Gasteiger charge is 2.28. The Morgan fingerprint density at radius 3 is 2.33 bits per heavy atom. The summed E-state index contributed by atoms with van der Waals surface area (Å²) in [6.45, 7) is -0.184. The lowest BCUT2D eigenvalue weighted by molar-refractivity contribution is -0.324. The molecule has 0 aliphatic heterocycles. The van der Waals surface area contributed by atoms with Crippen LogP contribution in [0.5, 0.6) is 0 Å². The van der Waals surface area contributed by atoms with Crippen LogP contribution in [0.1, 0.15) is 32.1 Å². The van der Waals surface area contributed by atoms with E-state index in [0.29, 0.717) is 6.42 Å². The number of ether oxygens (including phenoxy) is 1. The molecule has 0 amide bonds. The zero-order valence-corrected chi connectivity index (χ0v) is 6.86. The first-order chi connectivity index (χ1) is 5.58. The largest absolute Gasteiger partial charge is 0.522 e. The minimum Gasteiger partial charge on any atom is -0.292 e. The van der Waals surface area contributed by atoms with Crippen molar-refractivity contribution in [2.45, 2.75) is 38.5 Å². The molecule has 0 aromatic heterocycles. The average molecular weight is 182 g/mol. The Labute approximate surface area is 69.9 Å². The van der Waals surface area contributed by atoms with Crippen molar-refractivity contribution >= 4 is 0 Å². The van der Waals surface area contributed by atoms with E-state index in [1.807, 2.05) is 0 Å². The maximum Gasteiger partial charge on any atom is 0.522 e. The van der Waals surface area contributed by atoms with Gasteiger partial charge in [-0.1, -0.05) is 25.7 Å². The van der Waals surface area contributed by atoms with Crippen molar-refractivity contribution < 1.29 is 17.9 Å². The van der Waals surface area contributed by atoms with Gasteiger partial charge in [-0.2, -0.15) is 0 Å². The first kappa shape index (κ1) is 9.84. The van der Waals surface area contributed by atoms with Crippen molar-refractivity contribution in [3.05, 3.63) is 0 Å². The fourth-order valence-corrected chi connectivity index (χ4v) is 1.13. The molecule has 0 aromatic rings. The average Bonchev–Trinajstić information content (AvgIpc) is 2.68. The van der Waals surface area contributed by atoms with E-state index >= 15 is 0 Å². The van der Waals surface area contributed by atoms with Gasteiger partial charge in [0.15, 0.2) is 0 Å². The Hall–Kier alpha value is -0.250. The Morgan fingerprint density at radius 1 is 1.17 bits per heavy atom. The topological polar surface area (TPSA) is 9.23 Å². The summed E-state index contributed by atoms with van der Waals surface area (Å²) in [6, 6.07) is 0. The van der Waals surface area contributed by atoms with Crippen LogP contribution in [0.2, 0.25) is 0 Å². The van der Waals surface area contributed by atoms with Gasteiger partial charge in [-0.05, 0) is 12.3 Å². The van der Waals surface area contributed by atoms with Crippen molar-refractivity contribution in [1.82, 2.24) is 0 Å². The summed E-state index contributed by atoms with van der Waals surface area (Å²) in [5.41, 5.74) is 0. The Morgan fingerprint density at radius 2 is 1.83 bits per heavy atom. The highest BCUT2D eigenvalue weighted by molar-refractivity contribution is 4.72. The Balaban J connectivity index is 1.82. The maximum atomic E-state index is 11.4. The second-order valence-electron chi connectivity index (χ2n) is 3.23. The molecule has 0 heterocycles. The van der Waals surface area contributed by atoms with Crippen LogP contribution in [-0.4, -0.2) is 13.0 Å². The highest BCUT2D eigenvalue weighted by atomic mass is 19.4. The lowest BCUT2D eigenvalue weighted by atomic mass is 10.2. The standard InChI is InChI=1S/C8H13F3O/c9-8(10,11)12-6-2-1-3-7-4-5-7/h7H,1-6H2. The molecular formula is C8H13F3O.